The topological polar surface area (TPSA) is 267 Å². The van der Waals surface area contributed by atoms with Crippen LogP contribution in [0.25, 0.3) is 0 Å². The van der Waals surface area contributed by atoms with Gasteiger partial charge in [-0.3, -0.25) is 23.8 Å². The van der Waals surface area contributed by atoms with Gasteiger partial charge < -0.3 is 40.8 Å². The lowest BCUT2D eigenvalue weighted by atomic mass is 9.99. The molecule has 0 aliphatic rings. The molecule has 380 valence electrons. The lowest BCUT2D eigenvalue weighted by Crippen LogP contribution is -2.36. The smallest absolute Gasteiger partial charge is 0.262 e. The maximum absolute atomic E-state index is 13.0. The summed E-state index contributed by atoms with van der Waals surface area (Å²) in [4.78, 5) is 37.3. The van der Waals surface area contributed by atoms with Crippen LogP contribution in [0.15, 0.2) is 82.6 Å². The van der Waals surface area contributed by atoms with Crippen molar-refractivity contribution in [3.8, 4) is 17.2 Å². The number of nitrogens with two attached hydrogens (primary N) is 2. The summed E-state index contributed by atoms with van der Waals surface area (Å²) < 4.78 is 71.7. The number of carbonyl (C=O) groups is 3. The molecule has 3 amide bonds. The number of carbonyl (C=O) groups excluding carboxylic acids is 3. The molecule has 70 heavy (non-hydrogen) atoms. The van der Waals surface area contributed by atoms with Gasteiger partial charge in [0.15, 0.2) is 5.75 Å². The Hall–Kier alpha value is -5.80. The molecule has 0 bridgehead atoms. The SMILES string of the molecule is CCCCOc1ccc(C)cc1C.COCCN(CCOC)C(=O)c1cc(NS(=O)(=O)c2ccccc2C(N)=O)cc(Cl)c1O.Cc1cc(C)c(S(=O)(=O)Nc2cc(Cl)c(O)c(Cl)c2)c(C(N)=O)c1C. The number of phenolic OH excluding ortho intramolecular Hbond substituents is 2. The number of sulfonamides is 2. The Bertz CT molecular complexity index is 2890. The summed E-state index contributed by atoms with van der Waals surface area (Å²) in [6.45, 7) is 13.0. The molecule has 0 atom stereocenters. The zero-order valence-electron chi connectivity index (χ0n) is 39.9. The summed E-state index contributed by atoms with van der Waals surface area (Å²) in [5.41, 5.74) is 14.3. The monoisotopic (exact) mass is 1070 g/mol. The number of phenols is 2. The summed E-state index contributed by atoms with van der Waals surface area (Å²) in [7, 11) is -5.46. The maximum atomic E-state index is 13.0. The van der Waals surface area contributed by atoms with Crippen LogP contribution >= 0.6 is 34.8 Å². The zero-order valence-corrected chi connectivity index (χ0v) is 43.8. The first-order valence-electron chi connectivity index (χ1n) is 21.3. The molecule has 22 heteroatoms. The van der Waals surface area contributed by atoms with Crippen molar-refractivity contribution in [2.45, 2.75) is 64.2 Å². The van der Waals surface area contributed by atoms with Crippen LogP contribution in [-0.4, -0.2) is 96.8 Å². The number of nitrogens with one attached hydrogen (secondary N) is 2. The van der Waals surface area contributed by atoms with Gasteiger partial charge in [0.25, 0.3) is 26.0 Å². The fourth-order valence-electron chi connectivity index (χ4n) is 6.65. The molecule has 8 N–H and O–H groups in total. The second kappa shape index (κ2) is 26.4. The first-order valence-corrected chi connectivity index (χ1v) is 25.4. The average Bonchev–Trinajstić information content (AvgIpc) is 3.28. The molecule has 5 aromatic rings. The summed E-state index contributed by atoms with van der Waals surface area (Å²) >= 11 is 17.7. The van der Waals surface area contributed by atoms with E-state index >= 15 is 0 Å². The van der Waals surface area contributed by atoms with Gasteiger partial charge in [-0.1, -0.05) is 84.0 Å². The van der Waals surface area contributed by atoms with Crippen LogP contribution in [-0.2, 0) is 29.5 Å². The quantitative estimate of drug-likeness (QED) is 0.0335. The van der Waals surface area contributed by atoms with Crippen molar-refractivity contribution in [1.82, 2.24) is 4.90 Å². The van der Waals surface area contributed by atoms with Crippen LogP contribution in [0, 0.1) is 34.6 Å². The molecule has 0 unspecified atom stereocenters. The van der Waals surface area contributed by atoms with Crippen molar-refractivity contribution in [2.75, 3.05) is 56.6 Å². The number of amides is 3. The Labute approximate surface area is 424 Å². The zero-order chi connectivity index (χ0) is 52.7. The number of ether oxygens (including phenoxy) is 3. The molecule has 0 radical (unpaired) electrons. The lowest BCUT2D eigenvalue weighted by molar-refractivity contribution is 0.0624. The number of rotatable bonds is 19. The highest BCUT2D eigenvalue weighted by Gasteiger charge is 2.28. The predicted molar refractivity (Wildman–Crippen MR) is 273 cm³/mol. The standard InChI is InChI=1S/C20H24ClN3O7S.C16H16Cl2N2O4S.C12H18O/c1-30-9-7-24(8-10-31-2)20(27)15-11-13(12-16(21)18(15)25)23-32(28,29)17-6-4-3-5-14(17)19(22)26;1-7-4-8(2)15(13(9(7)3)16(19)22)25(23,24)20-10-5-11(17)14(21)12(18)6-10;1-4-5-8-13-12-7-6-10(2)9-11(12)3/h3-6,11-12,23,25H,7-10H2,1-2H3,(H2,22,26);4-6,20-21H,1-3H3,(H2,19,22);6-7,9H,4-5,8H2,1-3H3. The van der Waals surface area contributed by atoms with Crippen molar-refractivity contribution < 1.29 is 55.6 Å². The number of aromatic hydroxyl groups is 2. The molecule has 0 saturated carbocycles. The van der Waals surface area contributed by atoms with Gasteiger partial charge in [-0.05, 0) is 106 Å². The third kappa shape index (κ3) is 15.9. The molecular formula is C48H58Cl3N5O12S2. The number of hydrogen-bond acceptors (Lipinski definition) is 12. The molecule has 0 aromatic heterocycles. The minimum absolute atomic E-state index is 0.0425. The number of primary amides is 2. The Kier molecular flexibility index (Phi) is 22.1. The van der Waals surface area contributed by atoms with Crippen LogP contribution in [0.1, 0.15) is 78.7 Å². The summed E-state index contributed by atoms with van der Waals surface area (Å²) in [5, 5.41) is 19.4. The van der Waals surface area contributed by atoms with E-state index in [0.717, 1.165) is 36.5 Å². The Morgan fingerprint density at radius 1 is 0.657 bits per heavy atom. The van der Waals surface area contributed by atoms with Gasteiger partial charge in [-0.25, -0.2) is 16.8 Å². The fraction of sp³-hybridized carbons (Fsp3) is 0.312. The van der Waals surface area contributed by atoms with E-state index in [-0.39, 0.29) is 85.0 Å². The molecule has 0 spiro atoms. The number of nitrogens with zero attached hydrogens (tertiary/aromatic N) is 1. The van der Waals surface area contributed by atoms with E-state index in [1.54, 1.807) is 26.8 Å². The van der Waals surface area contributed by atoms with Crippen LogP contribution in [0.5, 0.6) is 17.2 Å². The van der Waals surface area contributed by atoms with Crippen molar-refractivity contribution in [1.29, 1.82) is 0 Å². The van der Waals surface area contributed by atoms with Gasteiger partial charge in [0, 0.05) is 27.3 Å². The predicted octanol–water partition coefficient (Wildman–Crippen LogP) is 8.69. The molecule has 5 rings (SSSR count). The van der Waals surface area contributed by atoms with Gasteiger partial charge in [-0.15, -0.1) is 0 Å². The first-order chi connectivity index (χ1) is 32.8. The summed E-state index contributed by atoms with van der Waals surface area (Å²) in [5.74, 6) is -2.19. The average molecular weight is 1070 g/mol. The number of methoxy groups -OCH3 is 2. The highest BCUT2D eigenvalue weighted by atomic mass is 35.5. The van der Waals surface area contributed by atoms with E-state index in [1.165, 1.54) is 73.1 Å². The molecule has 0 aliphatic carbocycles. The number of benzene rings is 5. The Morgan fingerprint density at radius 3 is 1.73 bits per heavy atom. The van der Waals surface area contributed by atoms with E-state index in [2.05, 4.69) is 48.4 Å². The van der Waals surface area contributed by atoms with Crippen LogP contribution in [0.3, 0.4) is 0 Å². The molecular weight excluding hydrogens is 1010 g/mol. The number of halogens is 3. The number of hydrogen-bond donors (Lipinski definition) is 6. The largest absolute Gasteiger partial charge is 0.506 e. The Morgan fingerprint density at radius 2 is 1.20 bits per heavy atom. The first kappa shape index (κ1) is 58.5. The van der Waals surface area contributed by atoms with E-state index in [9.17, 15) is 41.4 Å². The third-order valence-electron chi connectivity index (χ3n) is 10.3. The molecule has 0 aliphatic heterocycles. The van der Waals surface area contributed by atoms with Crippen LogP contribution in [0.4, 0.5) is 11.4 Å². The molecule has 0 fully saturated rings. The lowest BCUT2D eigenvalue weighted by Gasteiger charge is -2.23. The summed E-state index contributed by atoms with van der Waals surface area (Å²) in [6, 6.07) is 18.1. The Balaban J connectivity index is 0.000000301. The maximum Gasteiger partial charge on any atom is 0.262 e. The van der Waals surface area contributed by atoms with Crippen molar-refractivity contribution in [3.05, 3.63) is 132 Å². The normalized spacial score (nSPS) is 11.1. The molecule has 0 heterocycles. The van der Waals surface area contributed by atoms with Gasteiger partial charge in [0.2, 0.25) is 11.8 Å². The minimum atomic E-state index is -4.27. The number of anilines is 2. The van der Waals surface area contributed by atoms with E-state index in [1.807, 2.05) is 0 Å². The molecule has 17 nitrogen and oxygen atoms in total. The van der Waals surface area contributed by atoms with Crippen molar-refractivity contribution in [2.24, 2.45) is 11.5 Å². The molecule has 0 saturated heterocycles. The van der Waals surface area contributed by atoms with Crippen molar-refractivity contribution in [3.63, 3.8) is 0 Å². The summed E-state index contributed by atoms with van der Waals surface area (Å²) in [6.07, 6.45) is 2.32. The number of unbranched alkanes of at least 4 members (excludes halogenated alkanes) is 1. The van der Waals surface area contributed by atoms with E-state index < -0.39 is 43.5 Å². The van der Waals surface area contributed by atoms with Crippen LogP contribution in [0.2, 0.25) is 15.1 Å². The van der Waals surface area contributed by atoms with Gasteiger partial charge >= 0.3 is 0 Å². The third-order valence-corrected chi connectivity index (χ3v) is 14.1. The molecule has 5 aromatic carbocycles. The second-order valence-electron chi connectivity index (χ2n) is 15.7. The number of aryl methyl sites for hydroxylation is 4. The van der Waals surface area contributed by atoms with Crippen molar-refractivity contribution >= 4 is 83.9 Å². The second-order valence-corrected chi connectivity index (χ2v) is 20.2. The van der Waals surface area contributed by atoms with Gasteiger partial charge in [0.1, 0.15) is 21.3 Å². The van der Waals surface area contributed by atoms with E-state index in [4.69, 9.17) is 60.5 Å². The fourth-order valence-corrected chi connectivity index (χ4v) is 10.1. The van der Waals surface area contributed by atoms with Crippen LogP contribution < -0.4 is 25.6 Å². The highest BCUT2D eigenvalue weighted by Crippen LogP contribution is 2.37. The van der Waals surface area contributed by atoms with E-state index in [0.29, 0.717) is 11.1 Å². The van der Waals surface area contributed by atoms with Gasteiger partial charge in [-0.2, -0.15) is 0 Å². The van der Waals surface area contributed by atoms with Gasteiger partial charge in [0.05, 0.1) is 63.0 Å². The minimum Gasteiger partial charge on any atom is -0.506 e. The highest BCUT2D eigenvalue weighted by molar-refractivity contribution is 7.93.